The van der Waals surface area contributed by atoms with Gasteiger partial charge in [0.25, 0.3) is 0 Å². The quantitative estimate of drug-likeness (QED) is 0.495. The molecule has 0 spiro atoms. The van der Waals surface area contributed by atoms with Gasteiger partial charge in [0.2, 0.25) is 0 Å². The fourth-order valence-corrected chi connectivity index (χ4v) is 1.46. The van der Waals surface area contributed by atoms with Crippen LogP contribution in [0.4, 0.5) is 13.2 Å². The first-order chi connectivity index (χ1) is 10.8. The van der Waals surface area contributed by atoms with Crippen LogP contribution in [0.15, 0.2) is 10.2 Å². The SMILES string of the molecule is CC1(CC(=O)C(N)CCC[C@H](N)C(=O)O)N=N1.O=C(O)C(F)(F)F. The molecule has 0 aromatic rings. The number of halogens is 3. The number of nitrogens with zero attached hydrogens (tertiary/aromatic N) is 2. The minimum absolute atomic E-state index is 0.0959. The van der Waals surface area contributed by atoms with E-state index < -0.39 is 35.9 Å². The first kappa shape index (κ1) is 21.9. The van der Waals surface area contributed by atoms with Crippen molar-refractivity contribution in [3.63, 3.8) is 0 Å². The Morgan fingerprint density at radius 2 is 1.50 bits per heavy atom. The predicted octanol–water partition coefficient (Wildman–Crippen LogP) is 0.670. The summed E-state index contributed by atoms with van der Waals surface area (Å²) in [7, 11) is 0. The molecular formula is C12H19F3N4O5. The number of hydrogen-bond acceptors (Lipinski definition) is 7. The Kier molecular flexibility index (Phi) is 7.93. The topological polar surface area (TPSA) is 168 Å². The number of ketones is 1. The summed E-state index contributed by atoms with van der Waals surface area (Å²) in [4.78, 5) is 31.0. The van der Waals surface area contributed by atoms with Gasteiger partial charge in [0.1, 0.15) is 6.04 Å². The van der Waals surface area contributed by atoms with Gasteiger partial charge < -0.3 is 21.7 Å². The molecule has 0 fully saturated rings. The number of carbonyl (C=O) groups excluding carboxylic acids is 1. The lowest BCUT2D eigenvalue weighted by Gasteiger charge is -2.12. The van der Waals surface area contributed by atoms with Gasteiger partial charge >= 0.3 is 18.1 Å². The summed E-state index contributed by atoms with van der Waals surface area (Å²) < 4.78 is 31.7. The van der Waals surface area contributed by atoms with Crippen molar-refractivity contribution in [2.24, 2.45) is 21.7 Å². The van der Waals surface area contributed by atoms with E-state index in [1.54, 1.807) is 6.92 Å². The van der Waals surface area contributed by atoms with Crippen LogP contribution < -0.4 is 11.5 Å². The van der Waals surface area contributed by atoms with Gasteiger partial charge in [0.15, 0.2) is 11.4 Å². The van der Waals surface area contributed by atoms with Crippen molar-refractivity contribution >= 4 is 17.7 Å². The van der Waals surface area contributed by atoms with Crippen LogP contribution in [0.3, 0.4) is 0 Å². The van der Waals surface area contributed by atoms with Crippen LogP contribution in [0.5, 0.6) is 0 Å². The number of alkyl halides is 3. The Morgan fingerprint density at radius 1 is 1.08 bits per heavy atom. The smallest absolute Gasteiger partial charge is 0.480 e. The van der Waals surface area contributed by atoms with Crippen molar-refractivity contribution in [3.05, 3.63) is 0 Å². The second-order valence-corrected chi connectivity index (χ2v) is 5.35. The summed E-state index contributed by atoms with van der Waals surface area (Å²) >= 11 is 0. The number of carboxylic acid groups (broad SMARTS) is 2. The maximum Gasteiger partial charge on any atom is 0.490 e. The summed E-state index contributed by atoms with van der Waals surface area (Å²) in [6, 6.07) is -1.47. The molecule has 1 aliphatic heterocycles. The number of hydrogen-bond donors (Lipinski definition) is 4. The number of carboxylic acids is 2. The van der Waals surface area contributed by atoms with E-state index in [1.807, 2.05) is 0 Å². The zero-order chi connectivity index (χ0) is 19.1. The molecule has 1 unspecified atom stereocenters. The number of Topliss-reactive ketones (excluding diaryl/α,β-unsaturated/α-hetero) is 1. The minimum Gasteiger partial charge on any atom is -0.480 e. The Morgan fingerprint density at radius 3 is 1.83 bits per heavy atom. The zero-order valence-corrected chi connectivity index (χ0v) is 12.8. The third-order valence-electron chi connectivity index (χ3n) is 2.95. The molecule has 1 heterocycles. The second-order valence-electron chi connectivity index (χ2n) is 5.35. The van der Waals surface area contributed by atoms with Gasteiger partial charge in [-0.3, -0.25) is 9.59 Å². The summed E-state index contributed by atoms with van der Waals surface area (Å²) in [5, 5.41) is 23.2. The van der Waals surface area contributed by atoms with Gasteiger partial charge in [-0.1, -0.05) is 0 Å². The number of aliphatic carboxylic acids is 2. The van der Waals surface area contributed by atoms with Crippen LogP contribution in [-0.4, -0.2) is 51.9 Å². The lowest BCUT2D eigenvalue weighted by atomic mass is 9.98. The highest BCUT2D eigenvalue weighted by molar-refractivity contribution is 5.85. The van der Waals surface area contributed by atoms with E-state index >= 15 is 0 Å². The summed E-state index contributed by atoms with van der Waals surface area (Å²) in [5.74, 6) is -3.89. The monoisotopic (exact) mass is 356 g/mol. The highest BCUT2D eigenvalue weighted by atomic mass is 19.4. The summed E-state index contributed by atoms with van der Waals surface area (Å²) in [6.07, 6.45) is -3.58. The minimum atomic E-state index is -5.08. The van der Waals surface area contributed by atoms with Gasteiger partial charge in [-0.2, -0.15) is 23.4 Å². The molecule has 138 valence electrons. The van der Waals surface area contributed by atoms with Crippen molar-refractivity contribution in [2.45, 2.75) is 56.5 Å². The van der Waals surface area contributed by atoms with Crippen molar-refractivity contribution in [1.29, 1.82) is 0 Å². The van der Waals surface area contributed by atoms with E-state index in [4.69, 9.17) is 26.5 Å². The molecule has 0 aromatic heterocycles. The number of rotatable bonds is 8. The van der Waals surface area contributed by atoms with E-state index in [0.717, 1.165) is 0 Å². The largest absolute Gasteiger partial charge is 0.490 e. The van der Waals surface area contributed by atoms with E-state index in [9.17, 15) is 22.8 Å². The average molecular weight is 356 g/mol. The van der Waals surface area contributed by atoms with E-state index in [-0.39, 0.29) is 12.2 Å². The van der Waals surface area contributed by atoms with Crippen LogP contribution in [-0.2, 0) is 14.4 Å². The molecule has 9 nitrogen and oxygen atoms in total. The van der Waals surface area contributed by atoms with Gasteiger partial charge in [-0.15, -0.1) is 0 Å². The summed E-state index contributed by atoms with van der Waals surface area (Å²) in [6.45, 7) is 1.76. The van der Waals surface area contributed by atoms with E-state index in [2.05, 4.69) is 10.2 Å². The van der Waals surface area contributed by atoms with E-state index in [1.165, 1.54) is 0 Å². The van der Waals surface area contributed by atoms with Crippen LogP contribution in [0.2, 0.25) is 0 Å². The molecule has 0 saturated heterocycles. The Labute approximate surface area is 134 Å². The predicted molar refractivity (Wildman–Crippen MR) is 74.0 cm³/mol. The zero-order valence-electron chi connectivity index (χ0n) is 12.8. The lowest BCUT2D eigenvalue weighted by molar-refractivity contribution is -0.192. The first-order valence-electron chi connectivity index (χ1n) is 6.79. The number of carbonyl (C=O) groups is 3. The average Bonchev–Trinajstić information content (AvgIpc) is 3.15. The number of nitrogens with two attached hydrogens (primary N) is 2. The molecule has 1 rings (SSSR count). The fraction of sp³-hybridized carbons (Fsp3) is 0.750. The molecule has 2 atom stereocenters. The van der Waals surface area contributed by atoms with Crippen LogP contribution in [0.1, 0.15) is 32.6 Å². The maximum absolute atomic E-state index is 11.6. The molecule has 0 aliphatic carbocycles. The Hall–Kier alpha value is -2.08. The second kappa shape index (κ2) is 8.68. The third kappa shape index (κ3) is 9.15. The molecular weight excluding hydrogens is 337 g/mol. The molecule has 0 radical (unpaired) electrons. The molecule has 12 heteroatoms. The maximum atomic E-state index is 11.6. The van der Waals surface area contributed by atoms with Crippen LogP contribution >= 0.6 is 0 Å². The molecule has 1 aliphatic rings. The normalized spacial score (nSPS) is 17.2. The molecule has 0 aromatic carbocycles. The standard InChI is InChI=1S/C10H18N4O3.C2HF3O2/c1-10(13-14-10)5-8(15)6(11)3-2-4-7(12)9(16)17;3-2(4,5)1(6)7/h6-7H,2-5,11-12H2,1H3,(H,16,17);(H,6,7)/t6?,7-;/m0./s1. The van der Waals surface area contributed by atoms with Crippen LogP contribution in [0.25, 0.3) is 0 Å². The molecule has 0 saturated carbocycles. The molecule has 0 amide bonds. The molecule has 24 heavy (non-hydrogen) atoms. The summed E-state index contributed by atoms with van der Waals surface area (Å²) in [5.41, 5.74) is 10.5. The van der Waals surface area contributed by atoms with Crippen molar-refractivity contribution < 1.29 is 37.8 Å². The highest BCUT2D eigenvalue weighted by Gasteiger charge is 2.38. The van der Waals surface area contributed by atoms with Crippen LogP contribution in [0, 0.1) is 0 Å². The van der Waals surface area contributed by atoms with E-state index in [0.29, 0.717) is 19.3 Å². The van der Waals surface area contributed by atoms with Crippen molar-refractivity contribution in [1.82, 2.24) is 0 Å². The van der Waals surface area contributed by atoms with Crippen molar-refractivity contribution in [2.75, 3.05) is 0 Å². The third-order valence-corrected chi connectivity index (χ3v) is 2.95. The van der Waals surface area contributed by atoms with Gasteiger partial charge in [0.05, 0.1) is 12.5 Å². The van der Waals surface area contributed by atoms with Gasteiger partial charge in [-0.25, -0.2) is 4.79 Å². The fourth-order valence-electron chi connectivity index (χ4n) is 1.46. The van der Waals surface area contributed by atoms with Gasteiger partial charge in [0, 0.05) is 0 Å². The van der Waals surface area contributed by atoms with Crippen molar-refractivity contribution in [3.8, 4) is 0 Å². The Balaban J connectivity index is 0.000000640. The molecule has 6 N–H and O–H groups in total. The molecule has 0 bridgehead atoms. The lowest BCUT2D eigenvalue weighted by Crippen LogP contribution is -2.34. The Bertz CT molecular complexity index is 503. The first-order valence-corrected chi connectivity index (χ1v) is 6.79. The highest BCUT2D eigenvalue weighted by Crippen LogP contribution is 2.31. The van der Waals surface area contributed by atoms with Gasteiger partial charge in [-0.05, 0) is 26.2 Å².